The van der Waals surface area contributed by atoms with E-state index < -0.39 is 0 Å². The molecule has 0 aliphatic heterocycles. The van der Waals surface area contributed by atoms with E-state index in [0.717, 1.165) is 17.1 Å². The zero-order valence-electron chi connectivity index (χ0n) is 9.89. The van der Waals surface area contributed by atoms with E-state index in [1.165, 1.54) is 0 Å². The summed E-state index contributed by atoms with van der Waals surface area (Å²) < 4.78 is 10.7. The average molecular weight is 265 g/mol. The highest BCUT2D eigenvalue weighted by molar-refractivity contribution is 6.32. The van der Waals surface area contributed by atoms with Gasteiger partial charge in [0.1, 0.15) is 23.9 Å². The third-order valence-electron chi connectivity index (χ3n) is 2.48. The van der Waals surface area contributed by atoms with Gasteiger partial charge in [-0.2, -0.15) is 0 Å². The van der Waals surface area contributed by atoms with Crippen LogP contribution in [0.3, 0.4) is 0 Å². The summed E-state index contributed by atoms with van der Waals surface area (Å²) in [6, 6.07) is 12.3. The van der Waals surface area contributed by atoms with Crippen LogP contribution in [-0.2, 0) is 6.61 Å². The van der Waals surface area contributed by atoms with Gasteiger partial charge in [0, 0.05) is 0 Å². The number of phenols is 1. The average Bonchev–Trinajstić information content (AvgIpc) is 2.41. The quantitative estimate of drug-likeness (QED) is 0.916. The number of halogens is 1. The molecule has 0 amide bonds. The first-order chi connectivity index (χ1) is 8.69. The molecule has 2 aromatic rings. The lowest BCUT2D eigenvalue weighted by atomic mass is 10.2. The lowest BCUT2D eigenvalue weighted by molar-refractivity contribution is 0.305. The van der Waals surface area contributed by atoms with Crippen molar-refractivity contribution < 1.29 is 14.6 Å². The molecule has 94 valence electrons. The molecule has 18 heavy (non-hydrogen) atoms. The minimum atomic E-state index is 0.0739. The van der Waals surface area contributed by atoms with Crippen molar-refractivity contribution in [2.24, 2.45) is 0 Å². The van der Waals surface area contributed by atoms with Crippen LogP contribution in [0.25, 0.3) is 0 Å². The summed E-state index contributed by atoms with van der Waals surface area (Å²) >= 11 is 5.81. The summed E-state index contributed by atoms with van der Waals surface area (Å²) in [5.41, 5.74) is 0.897. The van der Waals surface area contributed by atoms with Gasteiger partial charge >= 0.3 is 0 Å². The topological polar surface area (TPSA) is 38.7 Å². The van der Waals surface area contributed by atoms with Gasteiger partial charge in [-0.1, -0.05) is 17.7 Å². The molecule has 0 radical (unpaired) electrons. The largest absolute Gasteiger partial charge is 0.506 e. The summed E-state index contributed by atoms with van der Waals surface area (Å²) in [7, 11) is 1.62. The Morgan fingerprint density at radius 2 is 1.72 bits per heavy atom. The molecule has 1 N–H and O–H groups in total. The minimum Gasteiger partial charge on any atom is -0.506 e. The van der Waals surface area contributed by atoms with E-state index in [9.17, 15) is 5.11 Å². The molecule has 0 saturated carbocycles. The molecule has 0 fully saturated rings. The van der Waals surface area contributed by atoms with E-state index in [-0.39, 0.29) is 5.75 Å². The van der Waals surface area contributed by atoms with Crippen LogP contribution in [0.5, 0.6) is 17.2 Å². The molecule has 0 aliphatic rings. The predicted molar refractivity (Wildman–Crippen MR) is 70.4 cm³/mol. The number of benzene rings is 2. The maximum Gasteiger partial charge on any atom is 0.134 e. The van der Waals surface area contributed by atoms with Gasteiger partial charge in [0.05, 0.1) is 12.1 Å². The first-order valence-corrected chi connectivity index (χ1v) is 5.81. The summed E-state index contributed by atoms with van der Waals surface area (Å²) in [5, 5.41) is 9.62. The van der Waals surface area contributed by atoms with Crippen LogP contribution in [0, 0.1) is 0 Å². The fraction of sp³-hybridized carbons (Fsp3) is 0.143. The van der Waals surface area contributed by atoms with Gasteiger partial charge in [-0.25, -0.2) is 0 Å². The van der Waals surface area contributed by atoms with E-state index in [0.29, 0.717) is 11.6 Å². The van der Waals surface area contributed by atoms with Crippen molar-refractivity contribution in [2.45, 2.75) is 6.61 Å². The first kappa shape index (κ1) is 12.6. The van der Waals surface area contributed by atoms with Crippen molar-refractivity contribution in [1.82, 2.24) is 0 Å². The Labute approximate surface area is 111 Å². The number of methoxy groups -OCH3 is 1. The van der Waals surface area contributed by atoms with Crippen LogP contribution in [0.15, 0.2) is 42.5 Å². The maximum atomic E-state index is 9.30. The number of hydrogen-bond acceptors (Lipinski definition) is 3. The Bertz CT molecular complexity index is 523. The van der Waals surface area contributed by atoms with Crippen molar-refractivity contribution in [3.8, 4) is 17.2 Å². The maximum absolute atomic E-state index is 9.30. The normalized spacial score (nSPS) is 10.1. The van der Waals surface area contributed by atoms with E-state index in [1.807, 2.05) is 24.3 Å². The molecule has 0 aromatic heterocycles. The first-order valence-electron chi connectivity index (χ1n) is 5.43. The molecular formula is C14H13ClO3. The SMILES string of the molecule is COc1ccc(OCc2ccc(O)c(Cl)c2)cc1. The number of rotatable bonds is 4. The fourth-order valence-corrected chi connectivity index (χ4v) is 1.68. The summed E-state index contributed by atoms with van der Waals surface area (Å²) in [6.45, 7) is 0.395. The standard InChI is InChI=1S/C14H13ClO3/c1-17-11-3-5-12(6-4-11)18-9-10-2-7-14(16)13(15)8-10/h2-8,16H,9H2,1H3. The Kier molecular flexibility index (Phi) is 3.95. The lowest BCUT2D eigenvalue weighted by Crippen LogP contribution is -1.95. The molecule has 0 unspecified atom stereocenters. The molecule has 0 saturated heterocycles. The van der Waals surface area contributed by atoms with E-state index in [2.05, 4.69) is 0 Å². The summed E-state index contributed by atoms with van der Waals surface area (Å²) in [5.74, 6) is 1.61. The number of phenolic OH excluding ortho intramolecular Hbond substituents is 1. The molecule has 0 bridgehead atoms. The molecule has 2 rings (SSSR count). The third-order valence-corrected chi connectivity index (χ3v) is 2.78. The van der Waals surface area contributed by atoms with E-state index in [4.69, 9.17) is 21.1 Å². The minimum absolute atomic E-state index is 0.0739. The molecule has 3 nitrogen and oxygen atoms in total. The van der Waals surface area contributed by atoms with Crippen LogP contribution < -0.4 is 9.47 Å². The third kappa shape index (κ3) is 3.08. The van der Waals surface area contributed by atoms with Crippen molar-refractivity contribution >= 4 is 11.6 Å². The van der Waals surface area contributed by atoms with Crippen LogP contribution >= 0.6 is 11.6 Å². The lowest BCUT2D eigenvalue weighted by Gasteiger charge is -2.07. The van der Waals surface area contributed by atoms with E-state index >= 15 is 0 Å². The van der Waals surface area contributed by atoms with Gasteiger partial charge < -0.3 is 14.6 Å². The van der Waals surface area contributed by atoms with Gasteiger partial charge in [-0.3, -0.25) is 0 Å². The summed E-state index contributed by atoms with van der Waals surface area (Å²) in [4.78, 5) is 0. The van der Waals surface area contributed by atoms with Gasteiger partial charge in [-0.05, 0) is 42.0 Å². The van der Waals surface area contributed by atoms with Gasteiger partial charge in [0.2, 0.25) is 0 Å². The zero-order chi connectivity index (χ0) is 13.0. The highest BCUT2D eigenvalue weighted by Gasteiger charge is 2.01. The highest BCUT2D eigenvalue weighted by atomic mass is 35.5. The number of hydrogen-bond donors (Lipinski definition) is 1. The second-order valence-electron chi connectivity index (χ2n) is 3.75. The molecular weight excluding hydrogens is 252 g/mol. The molecule has 0 heterocycles. The number of aromatic hydroxyl groups is 1. The van der Waals surface area contributed by atoms with Gasteiger partial charge in [0.25, 0.3) is 0 Å². The monoisotopic (exact) mass is 264 g/mol. The molecule has 2 aromatic carbocycles. The van der Waals surface area contributed by atoms with Gasteiger partial charge in [-0.15, -0.1) is 0 Å². The molecule has 0 spiro atoms. The van der Waals surface area contributed by atoms with Crippen molar-refractivity contribution in [2.75, 3.05) is 7.11 Å². The van der Waals surface area contributed by atoms with Crippen molar-refractivity contribution in [1.29, 1.82) is 0 Å². The van der Waals surface area contributed by atoms with Crippen LogP contribution in [-0.4, -0.2) is 12.2 Å². The van der Waals surface area contributed by atoms with Crippen molar-refractivity contribution in [3.63, 3.8) is 0 Å². The van der Waals surface area contributed by atoms with Gasteiger partial charge in [0.15, 0.2) is 0 Å². The molecule has 0 atom stereocenters. The molecule has 4 heteroatoms. The Morgan fingerprint density at radius 3 is 2.33 bits per heavy atom. The zero-order valence-corrected chi connectivity index (χ0v) is 10.6. The smallest absolute Gasteiger partial charge is 0.134 e. The van der Waals surface area contributed by atoms with E-state index in [1.54, 1.807) is 25.3 Å². The van der Waals surface area contributed by atoms with Crippen LogP contribution in [0.1, 0.15) is 5.56 Å². The number of ether oxygens (including phenoxy) is 2. The van der Waals surface area contributed by atoms with Crippen molar-refractivity contribution in [3.05, 3.63) is 53.1 Å². The second-order valence-corrected chi connectivity index (χ2v) is 4.16. The second kappa shape index (κ2) is 5.65. The Balaban J connectivity index is 1.99. The summed E-state index contributed by atoms with van der Waals surface area (Å²) in [6.07, 6.45) is 0. The van der Waals surface area contributed by atoms with Crippen LogP contribution in [0.4, 0.5) is 0 Å². The van der Waals surface area contributed by atoms with Crippen LogP contribution in [0.2, 0.25) is 5.02 Å². The Morgan fingerprint density at radius 1 is 1.06 bits per heavy atom. The predicted octanol–water partition coefficient (Wildman–Crippen LogP) is 3.63. The highest BCUT2D eigenvalue weighted by Crippen LogP contribution is 2.24. The Hall–Kier alpha value is -1.87. The fourth-order valence-electron chi connectivity index (χ4n) is 1.48. The molecule has 0 aliphatic carbocycles.